The van der Waals surface area contributed by atoms with E-state index in [-0.39, 0.29) is 36.9 Å². The monoisotopic (exact) mass is 420 g/mol. The van der Waals surface area contributed by atoms with Crippen molar-refractivity contribution in [2.45, 2.75) is 32.5 Å². The highest BCUT2D eigenvalue weighted by Crippen LogP contribution is 2.21. The van der Waals surface area contributed by atoms with Crippen LogP contribution in [0.15, 0.2) is 66.9 Å². The smallest absolute Gasteiger partial charge is 0.317 e. The summed E-state index contributed by atoms with van der Waals surface area (Å²) in [4.78, 5) is 33.2. The molecule has 0 amide bonds. The van der Waals surface area contributed by atoms with Gasteiger partial charge in [0.2, 0.25) is 5.88 Å². The summed E-state index contributed by atoms with van der Waals surface area (Å²) < 4.78 is 11.3. The minimum absolute atomic E-state index is 0.00161. The van der Waals surface area contributed by atoms with E-state index in [9.17, 15) is 14.7 Å². The van der Waals surface area contributed by atoms with Crippen LogP contribution < -0.4 is 4.74 Å². The Balaban J connectivity index is 1.74. The summed E-state index contributed by atoms with van der Waals surface area (Å²) in [6, 6.07) is 17.4. The summed E-state index contributed by atoms with van der Waals surface area (Å²) >= 11 is 0. The van der Waals surface area contributed by atoms with Crippen LogP contribution >= 0.6 is 0 Å². The maximum absolute atomic E-state index is 13.0. The number of ether oxygens (including phenoxy) is 2. The van der Waals surface area contributed by atoms with Crippen LogP contribution in [0.1, 0.15) is 46.0 Å². The van der Waals surface area contributed by atoms with Crippen LogP contribution in [0.5, 0.6) is 11.9 Å². The van der Waals surface area contributed by atoms with E-state index in [4.69, 9.17) is 9.47 Å². The molecule has 1 aromatic heterocycles. The normalized spacial score (nSPS) is 11.6. The number of ketones is 2. The Morgan fingerprint density at radius 1 is 1.00 bits per heavy atom. The van der Waals surface area contributed by atoms with Gasteiger partial charge in [0.1, 0.15) is 6.10 Å². The predicted octanol–water partition coefficient (Wildman–Crippen LogP) is 4.01. The van der Waals surface area contributed by atoms with E-state index in [1.165, 1.54) is 6.20 Å². The molecule has 0 saturated heterocycles. The standard InChI is InChI=1S/C24H24N2O5/c1-2-30-23-19(15-25-24(29)26-23)16-31-21(22(28)18-11-7-4-8-12-18)14-13-20(27)17-9-5-3-6-10-17/h3-12,15,21H,2,13-14,16H2,1H3,(H,25,26,29). The minimum atomic E-state index is -0.835. The fourth-order valence-electron chi connectivity index (χ4n) is 3.04. The van der Waals surface area contributed by atoms with E-state index in [1.54, 1.807) is 55.5 Å². The minimum Gasteiger partial charge on any atom is -0.479 e. The predicted molar refractivity (Wildman–Crippen MR) is 114 cm³/mol. The lowest BCUT2D eigenvalue weighted by atomic mass is 9.99. The lowest BCUT2D eigenvalue weighted by Crippen LogP contribution is -2.25. The summed E-state index contributed by atoms with van der Waals surface area (Å²) in [5, 5.41) is 9.50. The van der Waals surface area contributed by atoms with Gasteiger partial charge in [0.05, 0.1) is 18.8 Å². The molecule has 0 spiro atoms. The molecule has 7 nitrogen and oxygen atoms in total. The molecule has 1 unspecified atom stereocenters. The number of carbonyl (C=O) groups is 2. The molecular weight excluding hydrogens is 396 g/mol. The van der Waals surface area contributed by atoms with Crippen LogP contribution in [-0.4, -0.2) is 39.4 Å². The Labute approximate surface area is 180 Å². The number of aromatic nitrogens is 2. The van der Waals surface area contributed by atoms with Crippen molar-refractivity contribution in [3.05, 3.63) is 83.6 Å². The summed E-state index contributed by atoms with van der Waals surface area (Å²) in [7, 11) is 0. The van der Waals surface area contributed by atoms with E-state index < -0.39 is 12.1 Å². The van der Waals surface area contributed by atoms with Gasteiger partial charge in [0, 0.05) is 23.7 Å². The van der Waals surface area contributed by atoms with Crippen molar-refractivity contribution in [3.8, 4) is 11.9 Å². The summed E-state index contributed by atoms with van der Waals surface area (Å²) in [6.07, 6.45) is 0.951. The molecule has 7 heteroatoms. The molecule has 0 aliphatic carbocycles. The summed E-state index contributed by atoms with van der Waals surface area (Å²) in [5.74, 6) is -0.0709. The van der Waals surface area contributed by atoms with E-state index in [0.29, 0.717) is 23.3 Å². The molecule has 0 bridgehead atoms. The van der Waals surface area contributed by atoms with Crippen LogP contribution in [-0.2, 0) is 11.3 Å². The van der Waals surface area contributed by atoms with Gasteiger partial charge < -0.3 is 14.6 Å². The molecule has 2 aromatic carbocycles. The molecule has 0 aliphatic rings. The first-order chi connectivity index (χ1) is 15.1. The van der Waals surface area contributed by atoms with Gasteiger partial charge in [-0.1, -0.05) is 60.7 Å². The molecule has 160 valence electrons. The Morgan fingerprint density at radius 2 is 1.65 bits per heavy atom. The molecular formula is C24H24N2O5. The second-order valence-electron chi connectivity index (χ2n) is 6.79. The van der Waals surface area contributed by atoms with E-state index in [0.717, 1.165) is 0 Å². The number of hydrogen-bond acceptors (Lipinski definition) is 7. The van der Waals surface area contributed by atoms with Crippen LogP contribution in [0.25, 0.3) is 0 Å². The second kappa shape index (κ2) is 11.0. The zero-order chi connectivity index (χ0) is 22.1. The van der Waals surface area contributed by atoms with Crippen LogP contribution in [0.2, 0.25) is 0 Å². The van der Waals surface area contributed by atoms with Gasteiger partial charge in [0.15, 0.2) is 11.6 Å². The van der Waals surface area contributed by atoms with Gasteiger partial charge in [-0.05, 0) is 13.3 Å². The SMILES string of the molecule is CCOc1nc(O)ncc1COC(CCC(=O)c1ccccc1)C(=O)c1ccccc1. The third-order valence-corrected chi connectivity index (χ3v) is 4.61. The van der Waals surface area contributed by atoms with Gasteiger partial charge >= 0.3 is 6.01 Å². The first kappa shape index (κ1) is 22.1. The fourth-order valence-corrected chi connectivity index (χ4v) is 3.04. The number of nitrogens with zero attached hydrogens (tertiary/aromatic N) is 2. The Hall–Kier alpha value is -3.58. The highest BCUT2D eigenvalue weighted by Gasteiger charge is 2.23. The van der Waals surface area contributed by atoms with Crippen molar-refractivity contribution in [1.29, 1.82) is 0 Å². The van der Waals surface area contributed by atoms with Gasteiger partial charge in [-0.15, -0.1) is 0 Å². The van der Waals surface area contributed by atoms with Crippen molar-refractivity contribution in [2.24, 2.45) is 0 Å². The number of aromatic hydroxyl groups is 1. The average Bonchev–Trinajstić information content (AvgIpc) is 2.81. The first-order valence-corrected chi connectivity index (χ1v) is 10.0. The molecule has 0 radical (unpaired) electrons. The molecule has 3 rings (SSSR count). The number of hydrogen-bond donors (Lipinski definition) is 1. The highest BCUT2D eigenvalue weighted by molar-refractivity contribution is 6.00. The molecule has 0 aliphatic heterocycles. The zero-order valence-electron chi connectivity index (χ0n) is 17.2. The third kappa shape index (κ3) is 6.20. The fraction of sp³-hybridized carbons (Fsp3) is 0.250. The molecule has 1 atom stereocenters. The number of rotatable bonds is 11. The second-order valence-corrected chi connectivity index (χ2v) is 6.79. The lowest BCUT2D eigenvalue weighted by Gasteiger charge is -2.18. The van der Waals surface area contributed by atoms with Gasteiger partial charge in [0.25, 0.3) is 0 Å². The van der Waals surface area contributed by atoms with Crippen LogP contribution in [0, 0.1) is 0 Å². The van der Waals surface area contributed by atoms with Crippen molar-refractivity contribution in [2.75, 3.05) is 6.61 Å². The van der Waals surface area contributed by atoms with Crippen molar-refractivity contribution < 1.29 is 24.2 Å². The topological polar surface area (TPSA) is 98.6 Å². The summed E-state index contributed by atoms with van der Waals surface area (Å²) in [5.41, 5.74) is 1.60. The van der Waals surface area contributed by atoms with E-state index >= 15 is 0 Å². The molecule has 3 aromatic rings. The third-order valence-electron chi connectivity index (χ3n) is 4.61. The number of Topliss-reactive ketones (excluding diaryl/α,β-unsaturated/α-hetero) is 2. The molecule has 1 heterocycles. The van der Waals surface area contributed by atoms with E-state index in [1.807, 2.05) is 12.1 Å². The highest BCUT2D eigenvalue weighted by atomic mass is 16.5. The molecule has 0 saturated carbocycles. The lowest BCUT2D eigenvalue weighted by molar-refractivity contribution is 0.0288. The average molecular weight is 420 g/mol. The van der Waals surface area contributed by atoms with Crippen molar-refractivity contribution in [1.82, 2.24) is 9.97 Å². The first-order valence-electron chi connectivity index (χ1n) is 10.0. The maximum atomic E-state index is 13.0. The van der Waals surface area contributed by atoms with Crippen LogP contribution in [0.3, 0.4) is 0 Å². The molecule has 1 N–H and O–H groups in total. The Bertz CT molecular complexity index is 1010. The molecule has 31 heavy (non-hydrogen) atoms. The van der Waals surface area contributed by atoms with Crippen molar-refractivity contribution >= 4 is 11.6 Å². The zero-order valence-corrected chi connectivity index (χ0v) is 17.2. The number of benzene rings is 2. The Kier molecular flexibility index (Phi) is 7.84. The van der Waals surface area contributed by atoms with Crippen molar-refractivity contribution in [3.63, 3.8) is 0 Å². The maximum Gasteiger partial charge on any atom is 0.317 e. The van der Waals surface area contributed by atoms with Crippen LogP contribution in [0.4, 0.5) is 0 Å². The largest absolute Gasteiger partial charge is 0.479 e. The summed E-state index contributed by atoms with van der Waals surface area (Å²) in [6.45, 7) is 2.14. The number of carbonyl (C=O) groups excluding carboxylic acids is 2. The quantitative estimate of drug-likeness (QED) is 0.468. The Morgan fingerprint density at radius 3 is 2.29 bits per heavy atom. The van der Waals surface area contributed by atoms with Gasteiger partial charge in [-0.2, -0.15) is 4.98 Å². The van der Waals surface area contributed by atoms with E-state index in [2.05, 4.69) is 9.97 Å². The molecule has 0 fully saturated rings. The van der Waals surface area contributed by atoms with Gasteiger partial charge in [-0.25, -0.2) is 4.98 Å². The van der Waals surface area contributed by atoms with Gasteiger partial charge in [-0.3, -0.25) is 9.59 Å².